The van der Waals surface area contributed by atoms with Crippen LogP contribution in [0.3, 0.4) is 0 Å². The van der Waals surface area contributed by atoms with E-state index in [1.165, 1.54) is 148 Å². The maximum Gasteiger partial charge on any atom is 0.306 e. The average Bonchev–Trinajstić information content (AvgIpc) is 3.20. The molecule has 6 heteroatoms. The largest absolute Gasteiger partial charge is 0.462 e. The van der Waals surface area contributed by atoms with E-state index in [0.717, 1.165) is 70.6 Å². The lowest BCUT2D eigenvalue weighted by Gasteiger charge is -2.24. The highest BCUT2D eigenvalue weighted by Crippen LogP contribution is 2.18. The first kappa shape index (κ1) is 55.3. The van der Waals surface area contributed by atoms with Gasteiger partial charge in [0.2, 0.25) is 5.91 Å². The summed E-state index contributed by atoms with van der Waals surface area (Å²) in [5.41, 5.74) is 0. The number of unbranched alkanes of at least 4 members (excludes halogenated alkanes) is 29. The van der Waals surface area contributed by atoms with Gasteiger partial charge in [-0.2, -0.15) is 0 Å². The summed E-state index contributed by atoms with van der Waals surface area (Å²) in [6, 6.07) is -0.703. The van der Waals surface area contributed by atoms with Crippen LogP contribution in [0.2, 0.25) is 0 Å². The fourth-order valence-electron chi connectivity index (χ4n) is 7.64. The number of aliphatic hydroxyl groups excluding tert-OH is 2. The van der Waals surface area contributed by atoms with Crippen LogP contribution in [0.1, 0.15) is 265 Å². The van der Waals surface area contributed by atoms with E-state index in [1.54, 1.807) is 0 Å². The quantitative estimate of drug-likeness (QED) is 0.0324. The predicted octanol–water partition coefficient (Wildman–Crippen LogP) is 14.7. The molecule has 3 unspecified atom stereocenters. The van der Waals surface area contributed by atoms with E-state index in [4.69, 9.17) is 4.74 Å². The zero-order valence-corrected chi connectivity index (χ0v) is 38.2. The molecule has 0 aliphatic heterocycles. The minimum Gasteiger partial charge on any atom is -0.462 e. The minimum absolute atomic E-state index is 0.0667. The van der Waals surface area contributed by atoms with Crippen molar-refractivity contribution in [1.29, 1.82) is 0 Å². The van der Waals surface area contributed by atoms with E-state index < -0.39 is 18.2 Å². The number of amides is 1. The number of nitrogens with one attached hydrogen (secondary N) is 1. The number of carbonyl (C=O) groups excluding carboxylic acids is 2. The first-order valence-corrected chi connectivity index (χ1v) is 25.1. The van der Waals surface area contributed by atoms with Crippen LogP contribution in [0, 0.1) is 0 Å². The molecule has 0 radical (unpaired) electrons. The maximum absolute atomic E-state index is 13.1. The molecule has 0 aliphatic carbocycles. The molecule has 0 aromatic carbocycles. The number of ether oxygens (including phenoxy) is 1. The molecular formula is C51H97NO5. The van der Waals surface area contributed by atoms with Gasteiger partial charge in [0.25, 0.3) is 0 Å². The SMILES string of the molecule is CCCC/C=C\CCCCCCCC(=O)OC(CCCCC/C=C\CCCCC)CC(=O)NC(CO)C(O)CCCCCCCCCCCCCCCCCCC. The second kappa shape index (κ2) is 45.4. The highest BCUT2D eigenvalue weighted by molar-refractivity contribution is 5.77. The van der Waals surface area contributed by atoms with Gasteiger partial charge in [-0.05, 0) is 70.6 Å². The molecule has 3 atom stereocenters. The summed E-state index contributed by atoms with van der Waals surface area (Å²) in [5, 5.41) is 23.7. The smallest absolute Gasteiger partial charge is 0.306 e. The first-order chi connectivity index (χ1) is 28.0. The Morgan fingerprint density at radius 3 is 1.35 bits per heavy atom. The predicted molar refractivity (Wildman–Crippen MR) is 246 cm³/mol. The van der Waals surface area contributed by atoms with Crippen LogP contribution < -0.4 is 5.32 Å². The third-order valence-electron chi connectivity index (χ3n) is 11.5. The van der Waals surface area contributed by atoms with E-state index in [1.807, 2.05) is 0 Å². The molecule has 6 nitrogen and oxygen atoms in total. The van der Waals surface area contributed by atoms with E-state index in [2.05, 4.69) is 50.4 Å². The van der Waals surface area contributed by atoms with Crippen LogP contribution in [0.4, 0.5) is 0 Å². The molecule has 0 saturated heterocycles. The Morgan fingerprint density at radius 2 is 0.860 bits per heavy atom. The molecule has 0 aliphatic rings. The highest BCUT2D eigenvalue weighted by Gasteiger charge is 2.24. The lowest BCUT2D eigenvalue weighted by atomic mass is 10.0. The molecular weight excluding hydrogens is 707 g/mol. The second-order valence-electron chi connectivity index (χ2n) is 17.2. The third-order valence-corrected chi connectivity index (χ3v) is 11.5. The second-order valence-corrected chi connectivity index (χ2v) is 17.2. The molecule has 0 aromatic rings. The molecule has 57 heavy (non-hydrogen) atoms. The van der Waals surface area contributed by atoms with E-state index in [0.29, 0.717) is 19.3 Å². The lowest BCUT2D eigenvalue weighted by Crippen LogP contribution is -2.46. The summed E-state index contributed by atoms with van der Waals surface area (Å²) in [6.45, 7) is 6.42. The standard InChI is InChI=1S/C51H97NO5/c1-4-7-10-13-16-19-22-23-24-25-26-27-29-31-34-37-40-43-49(54)48(46-53)52-50(55)45-47(42-39-36-33-30-21-18-15-12-9-6-3)57-51(56)44-41-38-35-32-28-20-17-14-11-8-5-2/h14,17-18,21,47-49,53-54H,4-13,15-16,19-20,22-46H2,1-3H3,(H,52,55)/b17-14-,21-18-. The van der Waals surface area contributed by atoms with Crippen molar-refractivity contribution in [3.05, 3.63) is 24.3 Å². The van der Waals surface area contributed by atoms with Crippen molar-refractivity contribution in [3.8, 4) is 0 Å². The van der Waals surface area contributed by atoms with Crippen LogP contribution in [0.5, 0.6) is 0 Å². The van der Waals surface area contributed by atoms with Crippen LogP contribution in [0.15, 0.2) is 24.3 Å². The summed E-state index contributed by atoms with van der Waals surface area (Å²) >= 11 is 0. The number of hydrogen-bond acceptors (Lipinski definition) is 5. The summed E-state index contributed by atoms with van der Waals surface area (Å²) in [6.07, 6.45) is 51.0. The van der Waals surface area contributed by atoms with Crippen molar-refractivity contribution < 1.29 is 24.5 Å². The molecule has 0 bridgehead atoms. The van der Waals surface area contributed by atoms with Crippen LogP contribution in [0.25, 0.3) is 0 Å². The fourth-order valence-corrected chi connectivity index (χ4v) is 7.64. The highest BCUT2D eigenvalue weighted by atomic mass is 16.5. The normalized spacial score (nSPS) is 13.4. The van der Waals surface area contributed by atoms with Crippen LogP contribution >= 0.6 is 0 Å². The Kier molecular flexibility index (Phi) is 44.1. The number of rotatable bonds is 45. The van der Waals surface area contributed by atoms with E-state index >= 15 is 0 Å². The topological polar surface area (TPSA) is 95.9 Å². The molecule has 0 spiro atoms. The van der Waals surface area contributed by atoms with Crippen molar-refractivity contribution in [2.45, 2.75) is 283 Å². The van der Waals surface area contributed by atoms with Gasteiger partial charge in [0.1, 0.15) is 6.10 Å². The zero-order valence-electron chi connectivity index (χ0n) is 38.2. The molecule has 3 N–H and O–H groups in total. The number of hydrogen-bond donors (Lipinski definition) is 3. The molecule has 336 valence electrons. The minimum atomic E-state index is -0.789. The lowest BCUT2D eigenvalue weighted by molar-refractivity contribution is -0.151. The Hall–Kier alpha value is -1.66. The molecule has 1 amide bonds. The summed E-state index contributed by atoms with van der Waals surface area (Å²) in [4.78, 5) is 26.0. The average molecular weight is 804 g/mol. The number of carbonyl (C=O) groups is 2. The van der Waals surface area contributed by atoms with Gasteiger partial charge in [-0.15, -0.1) is 0 Å². The summed E-state index contributed by atoms with van der Waals surface area (Å²) < 4.78 is 5.89. The van der Waals surface area contributed by atoms with Gasteiger partial charge in [-0.25, -0.2) is 0 Å². The van der Waals surface area contributed by atoms with Crippen molar-refractivity contribution in [3.63, 3.8) is 0 Å². The fraction of sp³-hybridized carbons (Fsp3) is 0.882. The van der Waals surface area contributed by atoms with Crippen molar-refractivity contribution in [2.24, 2.45) is 0 Å². The van der Waals surface area contributed by atoms with Gasteiger partial charge in [0.15, 0.2) is 0 Å². The Bertz CT molecular complexity index is 904. The van der Waals surface area contributed by atoms with Gasteiger partial charge < -0.3 is 20.3 Å². The molecule has 0 saturated carbocycles. The van der Waals surface area contributed by atoms with Gasteiger partial charge >= 0.3 is 5.97 Å². The molecule has 0 aromatic heterocycles. The van der Waals surface area contributed by atoms with Crippen molar-refractivity contribution >= 4 is 11.9 Å². The summed E-state index contributed by atoms with van der Waals surface area (Å²) in [5.74, 6) is -0.494. The Balaban J connectivity index is 4.44. The van der Waals surface area contributed by atoms with Crippen molar-refractivity contribution in [1.82, 2.24) is 5.32 Å². The molecule has 0 fully saturated rings. The molecule has 0 heterocycles. The Morgan fingerprint density at radius 1 is 0.491 bits per heavy atom. The van der Waals surface area contributed by atoms with E-state index in [-0.39, 0.29) is 24.9 Å². The van der Waals surface area contributed by atoms with Gasteiger partial charge in [0.05, 0.1) is 25.2 Å². The Labute approximate surface area is 354 Å². The van der Waals surface area contributed by atoms with Gasteiger partial charge in [-0.1, -0.05) is 206 Å². The molecule has 0 rings (SSSR count). The monoisotopic (exact) mass is 804 g/mol. The third kappa shape index (κ3) is 40.9. The maximum atomic E-state index is 13.1. The summed E-state index contributed by atoms with van der Waals surface area (Å²) in [7, 11) is 0. The van der Waals surface area contributed by atoms with Crippen LogP contribution in [-0.2, 0) is 14.3 Å². The first-order valence-electron chi connectivity index (χ1n) is 25.1. The van der Waals surface area contributed by atoms with E-state index in [9.17, 15) is 19.8 Å². The zero-order chi connectivity index (χ0) is 41.7. The van der Waals surface area contributed by atoms with Crippen LogP contribution in [-0.4, -0.2) is 46.9 Å². The number of aliphatic hydroxyl groups is 2. The van der Waals surface area contributed by atoms with Gasteiger partial charge in [-0.3, -0.25) is 9.59 Å². The van der Waals surface area contributed by atoms with Gasteiger partial charge in [0, 0.05) is 6.42 Å². The van der Waals surface area contributed by atoms with Crippen molar-refractivity contribution in [2.75, 3.05) is 6.61 Å². The number of esters is 1. The number of allylic oxidation sites excluding steroid dienone is 4.